The van der Waals surface area contributed by atoms with E-state index in [1.807, 2.05) is 42.5 Å². The molecule has 4 aliphatic rings. The fraction of sp³-hybridized carbons (Fsp3) is 0.464. The van der Waals surface area contributed by atoms with E-state index in [0.29, 0.717) is 24.2 Å². The summed E-state index contributed by atoms with van der Waals surface area (Å²) < 4.78 is 64.6. The first kappa shape index (κ1) is 35.4. The van der Waals surface area contributed by atoms with Crippen molar-refractivity contribution in [1.82, 2.24) is 10.2 Å². The number of phosphoric ester groups is 2. The van der Waals surface area contributed by atoms with Crippen LogP contribution >= 0.6 is 23.5 Å². The van der Waals surface area contributed by atoms with Gasteiger partial charge in [-0.25, -0.2) is 13.4 Å². The summed E-state index contributed by atoms with van der Waals surface area (Å²) >= 11 is 0. The Morgan fingerprint density at radius 2 is 1.54 bits per heavy atom. The van der Waals surface area contributed by atoms with Gasteiger partial charge >= 0.3 is 6.03 Å². The standard InChI is InChI=1S/C28H35N2O15P3/c31-24-23(16-41-47(36,37)45-48(38,39)44-46(34,35)40-15-17-6-2-1-3-7-17)43-27(25(24)32)30-14-21-13-22(42-26(21)29-28(30)33)20-11-10-18-8-4-5-9-19(18)12-20/h4-5,8-14,17,23-27,31-32H,1-3,6-7,15-16H2,(H,29,33)(H,34,35)(H,36,37)(H,38,39)/p-3/t23-,24+,25?,26?,27-/m1/s1. The molecular weight excluding hydrogens is 697 g/mol. The predicted molar refractivity (Wildman–Crippen MR) is 159 cm³/mol. The molecule has 5 unspecified atom stereocenters. The van der Waals surface area contributed by atoms with Crippen LogP contribution in [0.15, 0.2) is 60.3 Å². The maximum Gasteiger partial charge on any atom is 0.326 e. The first-order valence-electron chi connectivity index (χ1n) is 15.0. The summed E-state index contributed by atoms with van der Waals surface area (Å²) in [5.74, 6) is 0.334. The Kier molecular flexibility index (Phi) is 10.3. The number of fused-ring (bicyclic) bond motifs is 2. The first-order valence-corrected chi connectivity index (χ1v) is 19.4. The number of aliphatic hydroxyl groups excluding tert-OH is 2. The van der Waals surface area contributed by atoms with E-state index in [4.69, 9.17) is 9.47 Å². The molecule has 6 rings (SSSR count). The van der Waals surface area contributed by atoms with Gasteiger partial charge in [0.15, 0.2) is 6.23 Å². The lowest BCUT2D eigenvalue weighted by Crippen LogP contribution is -2.54. The average Bonchev–Trinajstić information content (AvgIpc) is 3.57. The van der Waals surface area contributed by atoms with Gasteiger partial charge in [0.05, 0.1) is 13.2 Å². The number of hydrogen-bond donors (Lipinski definition) is 3. The quantitative estimate of drug-likeness (QED) is 0.264. The normalized spacial score (nSPS) is 30.0. The molecule has 3 aliphatic heterocycles. The van der Waals surface area contributed by atoms with Gasteiger partial charge in [0, 0.05) is 17.3 Å². The minimum Gasteiger partial charge on any atom is -0.756 e. The fourth-order valence-corrected chi connectivity index (χ4v) is 9.33. The van der Waals surface area contributed by atoms with E-state index in [1.165, 1.54) is 6.20 Å². The van der Waals surface area contributed by atoms with Crippen molar-refractivity contribution >= 4 is 46.0 Å². The minimum absolute atomic E-state index is 0.132. The summed E-state index contributed by atoms with van der Waals surface area (Å²) in [4.78, 5) is 50.2. The number of aliphatic hydroxyl groups is 2. The molecule has 3 N–H and O–H groups in total. The number of benzene rings is 2. The van der Waals surface area contributed by atoms with Gasteiger partial charge < -0.3 is 43.4 Å². The fourth-order valence-electron chi connectivity index (χ4n) is 5.88. The molecule has 1 aliphatic carbocycles. The zero-order valence-corrected chi connectivity index (χ0v) is 27.8. The van der Waals surface area contributed by atoms with E-state index in [2.05, 4.69) is 23.0 Å². The van der Waals surface area contributed by atoms with Crippen LogP contribution in [0.25, 0.3) is 16.5 Å². The lowest BCUT2D eigenvalue weighted by molar-refractivity contribution is -0.252. The largest absolute Gasteiger partial charge is 0.756 e. The van der Waals surface area contributed by atoms with E-state index in [9.17, 15) is 43.4 Å². The number of ether oxygens (including phenoxy) is 2. The zero-order valence-electron chi connectivity index (χ0n) is 25.1. The molecule has 48 heavy (non-hydrogen) atoms. The van der Waals surface area contributed by atoms with Gasteiger partial charge in [-0.3, -0.25) is 23.9 Å². The third-order valence-electron chi connectivity index (χ3n) is 8.26. The summed E-state index contributed by atoms with van der Waals surface area (Å²) in [5.41, 5.74) is 1.22. The Balaban J connectivity index is 1.06. The summed E-state index contributed by atoms with van der Waals surface area (Å²) in [7, 11) is -17.4. The molecule has 0 spiro atoms. The molecular formula is C28H32N2O15P3-3. The number of carbonyl (C=O) groups is 1. The predicted octanol–water partition coefficient (Wildman–Crippen LogP) is 1.94. The second kappa shape index (κ2) is 14.0. The summed E-state index contributed by atoms with van der Waals surface area (Å²) in [6.45, 7) is -1.43. The highest BCUT2D eigenvalue weighted by Gasteiger charge is 2.49. The number of hydrogen-bond acceptors (Lipinski definition) is 15. The lowest BCUT2D eigenvalue weighted by Gasteiger charge is -2.35. The summed E-state index contributed by atoms with van der Waals surface area (Å²) in [6.07, 6.45) is -0.498. The van der Waals surface area contributed by atoms with Crippen LogP contribution in [0.1, 0.15) is 37.7 Å². The molecule has 2 fully saturated rings. The average molecular weight is 729 g/mol. The van der Waals surface area contributed by atoms with Crippen LogP contribution in [0, 0.1) is 5.92 Å². The van der Waals surface area contributed by atoms with Crippen molar-refractivity contribution in [2.75, 3.05) is 13.2 Å². The minimum atomic E-state index is -6.08. The number of carbonyl (C=O) groups excluding carboxylic acids is 1. The molecule has 3 heterocycles. The Morgan fingerprint density at radius 1 is 0.875 bits per heavy atom. The van der Waals surface area contributed by atoms with Crippen molar-refractivity contribution in [2.45, 2.75) is 62.9 Å². The van der Waals surface area contributed by atoms with Gasteiger partial charge in [-0.2, -0.15) is 0 Å². The number of nitrogens with zero attached hydrogens (tertiary/aromatic N) is 1. The molecule has 0 aromatic heterocycles. The molecule has 2 aromatic carbocycles. The number of amides is 2. The van der Waals surface area contributed by atoms with Gasteiger partial charge in [-0.15, -0.1) is 0 Å². The Bertz CT molecular complexity index is 1750. The Morgan fingerprint density at radius 3 is 2.25 bits per heavy atom. The number of phosphoric acid groups is 3. The second-order valence-corrected chi connectivity index (χ2v) is 16.2. The van der Waals surface area contributed by atoms with Crippen LogP contribution in [-0.4, -0.2) is 65.1 Å². The molecule has 0 radical (unpaired) electrons. The molecule has 262 valence electrons. The maximum absolute atomic E-state index is 12.9. The third kappa shape index (κ3) is 8.28. The van der Waals surface area contributed by atoms with Crippen LogP contribution in [0.2, 0.25) is 0 Å². The molecule has 2 aromatic rings. The van der Waals surface area contributed by atoms with Gasteiger partial charge in [0.1, 0.15) is 24.1 Å². The molecule has 8 atom stereocenters. The zero-order chi connectivity index (χ0) is 34.3. The highest BCUT2D eigenvalue weighted by Crippen LogP contribution is 2.63. The molecule has 20 heteroatoms. The molecule has 1 saturated heterocycles. The SMILES string of the molecule is O=C1NC2OC(c3ccc4ccccc4c3)=CC2=CN1[C@@H]1O[C@H](COP(=O)([O-])OP(=O)([O-])OP(=O)([O-])OCC2CCCCC2)[C@H](O)C1O. The summed E-state index contributed by atoms with van der Waals surface area (Å²) in [5, 5.41) is 25.8. The van der Waals surface area contributed by atoms with Crippen LogP contribution in [0.4, 0.5) is 4.79 Å². The van der Waals surface area contributed by atoms with E-state index < -0.39 is 66.9 Å². The van der Waals surface area contributed by atoms with Gasteiger partial charge in [0.25, 0.3) is 23.5 Å². The van der Waals surface area contributed by atoms with Gasteiger partial charge in [-0.05, 0) is 41.7 Å². The highest BCUT2D eigenvalue weighted by atomic mass is 31.3. The van der Waals surface area contributed by atoms with Gasteiger partial charge in [-0.1, -0.05) is 55.7 Å². The van der Waals surface area contributed by atoms with Crippen LogP contribution < -0.4 is 20.0 Å². The third-order valence-corrected chi connectivity index (χ3v) is 12.4. The van der Waals surface area contributed by atoms with Crippen LogP contribution in [0.5, 0.6) is 0 Å². The molecule has 1 saturated carbocycles. The van der Waals surface area contributed by atoms with Crippen molar-refractivity contribution in [1.29, 1.82) is 0 Å². The lowest BCUT2D eigenvalue weighted by atomic mass is 9.90. The smallest absolute Gasteiger partial charge is 0.326 e. The van der Waals surface area contributed by atoms with E-state index in [0.717, 1.165) is 40.5 Å². The van der Waals surface area contributed by atoms with Crippen LogP contribution in [0.3, 0.4) is 0 Å². The van der Waals surface area contributed by atoms with Crippen molar-refractivity contribution in [3.63, 3.8) is 0 Å². The summed E-state index contributed by atoms with van der Waals surface area (Å²) in [6, 6.07) is 12.7. The van der Waals surface area contributed by atoms with Crippen LogP contribution in [-0.2, 0) is 40.8 Å². The van der Waals surface area contributed by atoms with Crippen molar-refractivity contribution in [3.05, 3.63) is 65.9 Å². The molecule has 0 bridgehead atoms. The first-order chi connectivity index (χ1) is 22.7. The Labute approximate surface area is 274 Å². The molecule has 2 amide bonds. The number of rotatable bonds is 12. The Hall–Kier alpha value is -2.46. The topological polar surface area (TPSA) is 249 Å². The van der Waals surface area contributed by atoms with Gasteiger partial charge in [0.2, 0.25) is 6.23 Å². The van der Waals surface area contributed by atoms with Crippen molar-refractivity contribution in [3.8, 4) is 0 Å². The van der Waals surface area contributed by atoms with E-state index >= 15 is 0 Å². The second-order valence-electron chi connectivity index (χ2n) is 11.7. The van der Waals surface area contributed by atoms with E-state index in [1.54, 1.807) is 6.08 Å². The van der Waals surface area contributed by atoms with Crippen molar-refractivity contribution in [2.24, 2.45) is 5.92 Å². The monoisotopic (exact) mass is 729 g/mol. The number of urea groups is 1. The van der Waals surface area contributed by atoms with E-state index in [-0.39, 0.29) is 12.5 Å². The maximum atomic E-state index is 12.9. The molecule has 17 nitrogen and oxygen atoms in total. The van der Waals surface area contributed by atoms with Crippen molar-refractivity contribution < 1.29 is 70.5 Å². The number of nitrogens with one attached hydrogen (secondary N) is 1. The highest BCUT2D eigenvalue weighted by molar-refractivity contribution is 7.65.